The summed E-state index contributed by atoms with van der Waals surface area (Å²) >= 11 is 6.12. The van der Waals surface area contributed by atoms with Gasteiger partial charge in [0.05, 0.1) is 12.2 Å². The zero-order valence-corrected chi connectivity index (χ0v) is 8.98. The fraction of sp³-hybridized carbons (Fsp3) is 0.182. The van der Waals surface area contributed by atoms with E-state index in [4.69, 9.17) is 17.3 Å². The van der Waals surface area contributed by atoms with Crippen molar-refractivity contribution in [3.63, 3.8) is 0 Å². The molecule has 0 aliphatic rings. The molecule has 1 heterocycles. The van der Waals surface area contributed by atoms with Crippen molar-refractivity contribution in [2.75, 3.05) is 6.54 Å². The number of halogens is 1. The molecule has 0 atom stereocenters. The van der Waals surface area contributed by atoms with E-state index >= 15 is 0 Å². The van der Waals surface area contributed by atoms with Crippen molar-refractivity contribution >= 4 is 11.6 Å². The number of aromatic nitrogens is 2. The summed E-state index contributed by atoms with van der Waals surface area (Å²) in [6.45, 7) is 1.27. The van der Waals surface area contributed by atoms with Gasteiger partial charge in [-0.25, -0.2) is 0 Å². The lowest BCUT2D eigenvalue weighted by Crippen LogP contribution is -2.11. The summed E-state index contributed by atoms with van der Waals surface area (Å²) in [5.74, 6) is 0. The molecule has 0 amide bonds. The second-order valence-electron chi connectivity index (χ2n) is 3.21. The highest BCUT2D eigenvalue weighted by molar-refractivity contribution is 6.33. The van der Waals surface area contributed by atoms with E-state index in [1.165, 1.54) is 0 Å². The molecule has 4 heteroatoms. The smallest absolute Gasteiger partial charge is 0.0697 e. The molecule has 0 aliphatic carbocycles. The van der Waals surface area contributed by atoms with Crippen molar-refractivity contribution in [2.45, 2.75) is 6.54 Å². The summed E-state index contributed by atoms with van der Waals surface area (Å²) in [5.41, 5.74) is 7.51. The van der Waals surface area contributed by atoms with E-state index in [1.807, 2.05) is 35.0 Å². The Kier molecular flexibility index (Phi) is 3.04. The van der Waals surface area contributed by atoms with Gasteiger partial charge >= 0.3 is 0 Å². The van der Waals surface area contributed by atoms with Gasteiger partial charge in [-0.1, -0.05) is 29.8 Å². The molecule has 0 radical (unpaired) electrons. The van der Waals surface area contributed by atoms with Crippen molar-refractivity contribution < 1.29 is 0 Å². The lowest BCUT2D eigenvalue weighted by Gasteiger charge is -2.07. The lowest BCUT2D eigenvalue weighted by molar-refractivity contribution is 0.631. The van der Waals surface area contributed by atoms with E-state index in [1.54, 1.807) is 6.20 Å². The van der Waals surface area contributed by atoms with Crippen LogP contribution in [0, 0.1) is 0 Å². The molecule has 0 aliphatic heterocycles. The molecule has 1 aromatic heterocycles. The Morgan fingerprint density at radius 1 is 1.27 bits per heavy atom. The Morgan fingerprint density at radius 3 is 2.80 bits per heavy atom. The standard InChI is InChI=1S/C11H12ClN3/c12-10-4-2-1-3-9(10)11-5-7-14-15(11)8-6-13/h1-5,7H,6,8,13H2. The van der Waals surface area contributed by atoms with E-state index in [2.05, 4.69) is 5.10 Å². The van der Waals surface area contributed by atoms with Crippen molar-refractivity contribution in [2.24, 2.45) is 5.73 Å². The van der Waals surface area contributed by atoms with Crippen LogP contribution in [0.4, 0.5) is 0 Å². The molecule has 0 bridgehead atoms. The maximum absolute atomic E-state index is 6.12. The molecule has 1 aromatic carbocycles. The highest BCUT2D eigenvalue weighted by Crippen LogP contribution is 2.26. The Morgan fingerprint density at radius 2 is 2.07 bits per heavy atom. The van der Waals surface area contributed by atoms with Crippen LogP contribution in [0.3, 0.4) is 0 Å². The Balaban J connectivity index is 2.45. The molecular formula is C11H12ClN3. The van der Waals surface area contributed by atoms with Crippen LogP contribution in [-0.2, 0) is 6.54 Å². The molecule has 15 heavy (non-hydrogen) atoms. The molecular weight excluding hydrogens is 210 g/mol. The van der Waals surface area contributed by atoms with Gasteiger partial charge in [0.1, 0.15) is 0 Å². The largest absolute Gasteiger partial charge is 0.329 e. The average molecular weight is 222 g/mol. The Labute approximate surface area is 93.5 Å². The van der Waals surface area contributed by atoms with Crippen LogP contribution < -0.4 is 5.73 Å². The molecule has 3 nitrogen and oxygen atoms in total. The SMILES string of the molecule is NCCn1nccc1-c1ccccc1Cl. The highest BCUT2D eigenvalue weighted by atomic mass is 35.5. The zero-order valence-electron chi connectivity index (χ0n) is 8.23. The van der Waals surface area contributed by atoms with E-state index in [0.29, 0.717) is 13.1 Å². The van der Waals surface area contributed by atoms with E-state index in [9.17, 15) is 0 Å². The first-order valence-electron chi connectivity index (χ1n) is 4.79. The third-order valence-corrected chi connectivity index (χ3v) is 2.54. The molecule has 0 unspecified atom stereocenters. The summed E-state index contributed by atoms with van der Waals surface area (Å²) in [6, 6.07) is 9.66. The molecule has 2 aromatic rings. The quantitative estimate of drug-likeness (QED) is 0.863. The fourth-order valence-corrected chi connectivity index (χ4v) is 1.76. The van der Waals surface area contributed by atoms with Crippen LogP contribution >= 0.6 is 11.6 Å². The first kappa shape index (κ1) is 10.2. The summed E-state index contributed by atoms with van der Waals surface area (Å²) in [6.07, 6.45) is 1.76. The average Bonchev–Trinajstić information content (AvgIpc) is 2.67. The summed E-state index contributed by atoms with van der Waals surface area (Å²) in [4.78, 5) is 0. The molecule has 0 spiro atoms. The van der Waals surface area contributed by atoms with Crippen LogP contribution in [0.1, 0.15) is 0 Å². The number of hydrogen-bond acceptors (Lipinski definition) is 2. The minimum absolute atomic E-state index is 0.569. The van der Waals surface area contributed by atoms with Crippen LogP contribution in [0.5, 0.6) is 0 Å². The molecule has 2 N–H and O–H groups in total. The lowest BCUT2D eigenvalue weighted by atomic mass is 10.1. The van der Waals surface area contributed by atoms with Crippen LogP contribution in [0.25, 0.3) is 11.3 Å². The van der Waals surface area contributed by atoms with Crippen molar-refractivity contribution in [3.05, 3.63) is 41.6 Å². The molecule has 0 saturated heterocycles. The third-order valence-electron chi connectivity index (χ3n) is 2.21. The molecule has 2 rings (SSSR count). The van der Waals surface area contributed by atoms with E-state index in [-0.39, 0.29) is 0 Å². The summed E-state index contributed by atoms with van der Waals surface area (Å²) in [7, 11) is 0. The van der Waals surface area contributed by atoms with Gasteiger partial charge in [0.25, 0.3) is 0 Å². The van der Waals surface area contributed by atoms with Gasteiger partial charge in [-0.15, -0.1) is 0 Å². The maximum Gasteiger partial charge on any atom is 0.0697 e. The van der Waals surface area contributed by atoms with Crippen LogP contribution in [0.2, 0.25) is 5.02 Å². The van der Waals surface area contributed by atoms with Gasteiger partial charge in [-0.05, 0) is 12.1 Å². The van der Waals surface area contributed by atoms with Crippen molar-refractivity contribution in [1.82, 2.24) is 9.78 Å². The highest BCUT2D eigenvalue weighted by Gasteiger charge is 2.07. The number of hydrogen-bond donors (Lipinski definition) is 1. The van der Waals surface area contributed by atoms with E-state index < -0.39 is 0 Å². The fourth-order valence-electron chi connectivity index (χ4n) is 1.53. The van der Waals surface area contributed by atoms with Gasteiger partial charge < -0.3 is 5.73 Å². The number of rotatable bonds is 3. The molecule has 0 fully saturated rings. The monoisotopic (exact) mass is 221 g/mol. The van der Waals surface area contributed by atoms with Crippen LogP contribution in [0.15, 0.2) is 36.5 Å². The minimum atomic E-state index is 0.569. The predicted molar refractivity (Wildman–Crippen MR) is 61.7 cm³/mol. The minimum Gasteiger partial charge on any atom is -0.329 e. The predicted octanol–water partition coefficient (Wildman–Crippen LogP) is 2.16. The number of nitrogens with zero attached hydrogens (tertiary/aromatic N) is 2. The van der Waals surface area contributed by atoms with Gasteiger partial charge in [-0.3, -0.25) is 4.68 Å². The maximum atomic E-state index is 6.12. The van der Waals surface area contributed by atoms with Gasteiger partial charge in [0.15, 0.2) is 0 Å². The Hall–Kier alpha value is -1.32. The second-order valence-corrected chi connectivity index (χ2v) is 3.62. The summed E-state index contributed by atoms with van der Waals surface area (Å²) < 4.78 is 1.86. The Bertz CT molecular complexity index is 451. The number of benzene rings is 1. The normalized spacial score (nSPS) is 10.5. The van der Waals surface area contributed by atoms with Crippen LogP contribution in [-0.4, -0.2) is 16.3 Å². The van der Waals surface area contributed by atoms with Gasteiger partial charge in [-0.2, -0.15) is 5.10 Å². The topological polar surface area (TPSA) is 43.8 Å². The van der Waals surface area contributed by atoms with Gasteiger partial charge in [0, 0.05) is 23.3 Å². The summed E-state index contributed by atoms with van der Waals surface area (Å²) in [5, 5.41) is 4.93. The number of nitrogens with two attached hydrogens (primary N) is 1. The van der Waals surface area contributed by atoms with Crippen molar-refractivity contribution in [1.29, 1.82) is 0 Å². The van der Waals surface area contributed by atoms with Crippen molar-refractivity contribution in [3.8, 4) is 11.3 Å². The van der Waals surface area contributed by atoms with Gasteiger partial charge in [0.2, 0.25) is 0 Å². The van der Waals surface area contributed by atoms with E-state index in [0.717, 1.165) is 16.3 Å². The first-order valence-corrected chi connectivity index (χ1v) is 5.17. The first-order chi connectivity index (χ1) is 7.33. The molecule has 78 valence electrons. The second kappa shape index (κ2) is 4.47. The molecule has 0 saturated carbocycles. The zero-order chi connectivity index (χ0) is 10.7. The third kappa shape index (κ3) is 2.03.